The van der Waals surface area contributed by atoms with E-state index in [-0.39, 0.29) is 0 Å². The van der Waals surface area contributed by atoms with E-state index in [1.807, 2.05) is 11.3 Å². The summed E-state index contributed by atoms with van der Waals surface area (Å²) >= 11 is 1.88. The number of hydrogen-bond donors (Lipinski definition) is 0. The lowest BCUT2D eigenvalue weighted by Crippen LogP contribution is -2.24. The van der Waals surface area contributed by atoms with Gasteiger partial charge in [0.15, 0.2) is 0 Å². The molecule has 0 saturated heterocycles. The predicted molar refractivity (Wildman–Crippen MR) is 271 cm³/mol. The summed E-state index contributed by atoms with van der Waals surface area (Å²) in [6.07, 6.45) is 0. The van der Waals surface area contributed by atoms with Crippen molar-refractivity contribution >= 4 is 87.8 Å². The molecule has 0 unspecified atom stereocenters. The molecule has 0 fully saturated rings. The van der Waals surface area contributed by atoms with Gasteiger partial charge in [0.1, 0.15) is 0 Å². The highest BCUT2D eigenvalue weighted by molar-refractivity contribution is 7.26. The summed E-state index contributed by atoms with van der Waals surface area (Å²) in [6, 6.07) is 83.9. The molecule has 11 aromatic rings. The Morgan fingerprint density at radius 2 is 0.921 bits per heavy atom. The van der Waals surface area contributed by atoms with E-state index < -0.39 is 0 Å². The maximum absolute atomic E-state index is 2.43. The molecule has 3 nitrogen and oxygen atoms in total. The topological polar surface area (TPSA) is 9.72 Å². The first kappa shape index (κ1) is 36.9. The van der Waals surface area contributed by atoms with Crippen molar-refractivity contribution in [2.75, 3.05) is 21.7 Å². The molecule has 1 aliphatic heterocycles. The van der Waals surface area contributed by atoms with Crippen molar-refractivity contribution in [1.29, 1.82) is 0 Å². The number of rotatable bonds is 7. The smallest absolute Gasteiger partial charge is 0.0700 e. The number of para-hydroxylation sites is 1. The van der Waals surface area contributed by atoms with E-state index in [9.17, 15) is 0 Å². The maximum atomic E-state index is 2.43. The van der Waals surface area contributed by atoms with Crippen LogP contribution < -0.4 is 14.7 Å². The number of benzene rings is 10. The largest absolute Gasteiger partial charge is 0.341 e. The van der Waals surface area contributed by atoms with Crippen molar-refractivity contribution in [3.05, 3.63) is 231 Å². The summed E-state index contributed by atoms with van der Waals surface area (Å²) in [5, 5.41) is 5.08. The Hall–Kier alpha value is -7.92. The van der Waals surface area contributed by atoms with Crippen molar-refractivity contribution in [2.24, 2.45) is 0 Å². The number of hydrogen-bond acceptors (Lipinski definition) is 4. The quantitative estimate of drug-likeness (QED) is 0.159. The second-order valence-electron chi connectivity index (χ2n) is 16.2. The molecule has 10 aromatic carbocycles. The van der Waals surface area contributed by atoms with E-state index in [1.165, 1.54) is 53.2 Å². The first-order chi connectivity index (χ1) is 31.2. The third kappa shape index (κ3) is 6.34. The molecule has 4 heteroatoms. The van der Waals surface area contributed by atoms with E-state index in [0.717, 1.165) is 56.6 Å². The lowest BCUT2D eigenvalue weighted by Gasteiger charge is -2.39. The normalized spacial score (nSPS) is 12.1. The molecule has 63 heavy (non-hydrogen) atoms. The fraction of sp³-hybridized carbons (Fsp3) is 0.0169. The molecule has 0 bridgehead atoms. The Bertz CT molecular complexity index is 3460. The van der Waals surface area contributed by atoms with Crippen molar-refractivity contribution in [1.82, 2.24) is 0 Å². The van der Waals surface area contributed by atoms with E-state index >= 15 is 0 Å². The monoisotopic (exact) mass is 823 g/mol. The van der Waals surface area contributed by atoms with Crippen LogP contribution in [0, 0.1) is 0 Å². The number of thiophene rings is 1. The predicted octanol–water partition coefficient (Wildman–Crippen LogP) is 17.2. The SMILES string of the molecule is CN1c2cc(-c3ccccc3)ccc2N(c2ccc(-c3cccc4c3sc3ccccc34)cc2)c2ccc(-c3ccc(N(c4ccccc4)c4cccc5ccccc45)cc3)cc21. The Morgan fingerprint density at radius 3 is 1.65 bits per heavy atom. The van der Waals surface area contributed by atoms with Crippen LogP contribution in [0.5, 0.6) is 0 Å². The number of nitrogens with zero attached hydrogens (tertiary/aromatic N) is 3. The van der Waals surface area contributed by atoms with E-state index in [4.69, 9.17) is 0 Å². The average molecular weight is 824 g/mol. The molecule has 0 amide bonds. The van der Waals surface area contributed by atoms with Gasteiger partial charge >= 0.3 is 0 Å². The highest BCUT2D eigenvalue weighted by atomic mass is 32.1. The minimum Gasteiger partial charge on any atom is -0.341 e. The highest BCUT2D eigenvalue weighted by Gasteiger charge is 2.29. The number of fused-ring (bicyclic) bond motifs is 6. The summed E-state index contributed by atoms with van der Waals surface area (Å²) < 4.78 is 2.65. The standard InChI is InChI=1S/C59H41N3S/c1-60-56-38-44(40-14-4-2-5-15-40)30-36-54(56)62(48-34-28-43(29-35-48)50-22-13-23-52-51-21-10-11-25-58(51)63-59(50)52)55-37-31-45(39-57(55)60)41-26-32-47(33-27-41)61(46-18-6-3-7-19-46)53-24-12-17-42-16-8-9-20-49(42)53/h2-39H,1H3. The van der Waals surface area contributed by atoms with Crippen molar-refractivity contribution in [2.45, 2.75) is 0 Å². The molecule has 12 rings (SSSR count). The van der Waals surface area contributed by atoms with Gasteiger partial charge in [0.05, 0.1) is 28.4 Å². The van der Waals surface area contributed by atoms with Crippen LogP contribution in [0.1, 0.15) is 0 Å². The van der Waals surface area contributed by atoms with Gasteiger partial charge in [-0.3, -0.25) is 0 Å². The molecule has 1 aromatic heterocycles. The summed E-state index contributed by atoms with van der Waals surface area (Å²) in [5.41, 5.74) is 16.3. The van der Waals surface area contributed by atoms with E-state index in [2.05, 4.69) is 252 Å². The lowest BCUT2D eigenvalue weighted by atomic mass is 9.97. The summed E-state index contributed by atoms with van der Waals surface area (Å²) in [6.45, 7) is 0. The second-order valence-corrected chi connectivity index (χ2v) is 17.3. The van der Waals surface area contributed by atoms with Crippen molar-refractivity contribution in [3.63, 3.8) is 0 Å². The summed E-state index contributed by atoms with van der Waals surface area (Å²) in [5.74, 6) is 0. The van der Waals surface area contributed by atoms with Crippen LogP contribution in [0.15, 0.2) is 231 Å². The van der Waals surface area contributed by atoms with Gasteiger partial charge in [-0.25, -0.2) is 0 Å². The van der Waals surface area contributed by atoms with E-state index in [0.29, 0.717) is 0 Å². The zero-order chi connectivity index (χ0) is 41.9. The Labute approximate surface area is 371 Å². The Morgan fingerprint density at radius 1 is 0.381 bits per heavy atom. The van der Waals surface area contributed by atoms with Crippen molar-refractivity contribution in [3.8, 4) is 33.4 Å². The molecule has 0 atom stereocenters. The molecular formula is C59H41N3S. The maximum Gasteiger partial charge on any atom is 0.0700 e. The fourth-order valence-corrected chi connectivity index (χ4v) is 10.7. The molecule has 0 spiro atoms. The van der Waals surface area contributed by atoms with Gasteiger partial charge in [-0.15, -0.1) is 11.3 Å². The second kappa shape index (κ2) is 15.2. The molecule has 0 radical (unpaired) electrons. The minimum atomic E-state index is 1.11. The average Bonchev–Trinajstić information content (AvgIpc) is 3.74. The van der Waals surface area contributed by atoms with Crippen LogP contribution in [0.3, 0.4) is 0 Å². The van der Waals surface area contributed by atoms with Crippen LogP contribution in [-0.4, -0.2) is 7.05 Å². The Kier molecular flexibility index (Phi) is 8.91. The molecular weight excluding hydrogens is 783 g/mol. The van der Waals surface area contributed by atoms with Crippen LogP contribution in [0.25, 0.3) is 64.3 Å². The minimum absolute atomic E-state index is 1.11. The van der Waals surface area contributed by atoms with Gasteiger partial charge < -0.3 is 14.7 Å². The fourth-order valence-electron chi connectivity index (χ4n) is 9.46. The van der Waals surface area contributed by atoms with Crippen LogP contribution in [-0.2, 0) is 0 Å². The zero-order valence-electron chi connectivity index (χ0n) is 34.7. The number of anilines is 8. The lowest BCUT2D eigenvalue weighted by molar-refractivity contribution is 1.13. The van der Waals surface area contributed by atoms with E-state index in [1.54, 1.807) is 0 Å². The summed E-state index contributed by atoms with van der Waals surface area (Å²) in [7, 11) is 2.20. The van der Waals surface area contributed by atoms with Gasteiger partial charge in [-0.05, 0) is 112 Å². The third-order valence-corrected chi connectivity index (χ3v) is 13.8. The molecule has 0 saturated carbocycles. The van der Waals surface area contributed by atoms with Crippen LogP contribution >= 0.6 is 11.3 Å². The summed E-state index contributed by atoms with van der Waals surface area (Å²) in [4.78, 5) is 7.15. The van der Waals surface area contributed by atoms with Crippen LogP contribution in [0.4, 0.5) is 45.5 Å². The first-order valence-corrected chi connectivity index (χ1v) is 22.3. The zero-order valence-corrected chi connectivity index (χ0v) is 35.5. The van der Waals surface area contributed by atoms with Crippen LogP contribution in [0.2, 0.25) is 0 Å². The van der Waals surface area contributed by atoms with Gasteiger partial charge in [0.25, 0.3) is 0 Å². The molecule has 2 heterocycles. The van der Waals surface area contributed by atoms with Gasteiger partial charge in [0.2, 0.25) is 0 Å². The molecule has 1 aliphatic rings. The molecule has 0 N–H and O–H groups in total. The molecule has 0 aliphatic carbocycles. The highest BCUT2D eigenvalue weighted by Crippen LogP contribution is 2.53. The van der Waals surface area contributed by atoms with Gasteiger partial charge in [0, 0.05) is 49.7 Å². The Balaban J connectivity index is 0.945. The molecule has 298 valence electrons. The van der Waals surface area contributed by atoms with Gasteiger partial charge in [-0.2, -0.15) is 0 Å². The first-order valence-electron chi connectivity index (χ1n) is 21.5. The van der Waals surface area contributed by atoms with Crippen molar-refractivity contribution < 1.29 is 0 Å². The third-order valence-electron chi connectivity index (χ3n) is 12.6. The van der Waals surface area contributed by atoms with Gasteiger partial charge in [-0.1, -0.05) is 158 Å².